The predicted molar refractivity (Wildman–Crippen MR) is 88.8 cm³/mol. The lowest BCUT2D eigenvalue weighted by Crippen LogP contribution is -2.39. The molecule has 0 saturated heterocycles. The summed E-state index contributed by atoms with van der Waals surface area (Å²) in [7, 11) is 0. The van der Waals surface area contributed by atoms with Gasteiger partial charge in [-0.1, -0.05) is 35.3 Å². The molecular weight excluding hydrogens is 321 g/mol. The lowest BCUT2D eigenvalue weighted by molar-refractivity contribution is 0.212. The molecule has 2 aromatic carbocycles. The Morgan fingerprint density at radius 2 is 1.59 bits per heavy atom. The number of nitrogens with one attached hydrogen (secondary N) is 2. The Balaban J connectivity index is 1.62. The largest absolute Gasteiger partial charge is 0.340 e. The van der Waals surface area contributed by atoms with Crippen molar-refractivity contribution in [3.63, 3.8) is 0 Å². The van der Waals surface area contributed by atoms with Crippen LogP contribution in [0.4, 0.5) is 10.5 Å². The molecule has 22 heavy (non-hydrogen) atoms. The molecule has 3 rings (SSSR count). The highest BCUT2D eigenvalue weighted by Gasteiger charge is 2.21. The maximum atomic E-state index is 12.2. The lowest BCUT2D eigenvalue weighted by Gasteiger charge is -2.19. The van der Waals surface area contributed by atoms with Gasteiger partial charge in [-0.15, -0.1) is 0 Å². The number of halogens is 2. The smallest absolute Gasteiger partial charge is 0.306 e. The molecule has 0 bridgehead atoms. The van der Waals surface area contributed by atoms with Crippen LogP contribution in [0.25, 0.3) is 0 Å². The SMILES string of the molecule is O=C(Nc1ccc(Cl)cc1)N1C=CC(c2ccc(Cl)cc2)N1. The van der Waals surface area contributed by atoms with Crippen LogP contribution in [-0.4, -0.2) is 11.0 Å². The minimum atomic E-state index is -0.268. The Kier molecular flexibility index (Phi) is 4.34. The number of carbonyl (C=O) groups excluding carboxylic acids is 1. The first-order chi connectivity index (χ1) is 10.6. The molecule has 0 saturated carbocycles. The summed E-state index contributed by atoms with van der Waals surface area (Å²) in [4.78, 5) is 12.2. The second-order valence-corrected chi connectivity index (χ2v) is 5.68. The average molecular weight is 334 g/mol. The van der Waals surface area contributed by atoms with Crippen LogP contribution in [0, 0.1) is 0 Å². The molecule has 1 aliphatic heterocycles. The zero-order valence-electron chi connectivity index (χ0n) is 11.5. The molecule has 2 amide bonds. The highest BCUT2D eigenvalue weighted by atomic mass is 35.5. The number of hydrogen-bond donors (Lipinski definition) is 2. The molecule has 0 radical (unpaired) electrons. The minimum absolute atomic E-state index is 0.0618. The summed E-state index contributed by atoms with van der Waals surface area (Å²) in [5.74, 6) is 0. The number of urea groups is 1. The van der Waals surface area contributed by atoms with E-state index in [0.717, 1.165) is 5.56 Å². The van der Waals surface area contributed by atoms with Crippen LogP contribution in [0.3, 0.4) is 0 Å². The van der Waals surface area contributed by atoms with Crippen molar-refractivity contribution in [3.05, 3.63) is 76.4 Å². The van der Waals surface area contributed by atoms with Crippen molar-refractivity contribution in [1.29, 1.82) is 0 Å². The highest BCUT2D eigenvalue weighted by molar-refractivity contribution is 6.30. The van der Waals surface area contributed by atoms with Crippen molar-refractivity contribution in [1.82, 2.24) is 10.4 Å². The van der Waals surface area contributed by atoms with E-state index >= 15 is 0 Å². The number of hydrogen-bond acceptors (Lipinski definition) is 2. The van der Waals surface area contributed by atoms with Crippen molar-refractivity contribution < 1.29 is 4.79 Å². The van der Waals surface area contributed by atoms with Gasteiger partial charge in [0, 0.05) is 21.9 Å². The van der Waals surface area contributed by atoms with E-state index < -0.39 is 0 Å². The molecule has 0 spiro atoms. The maximum Gasteiger partial charge on any atom is 0.340 e. The third kappa shape index (κ3) is 3.42. The van der Waals surface area contributed by atoms with Gasteiger partial charge in [0.15, 0.2) is 0 Å². The Labute approximate surface area is 138 Å². The number of benzene rings is 2. The van der Waals surface area contributed by atoms with E-state index in [1.807, 2.05) is 30.3 Å². The molecule has 0 aromatic heterocycles. The number of carbonyl (C=O) groups is 1. The fraction of sp³-hybridized carbons (Fsp3) is 0.0625. The van der Waals surface area contributed by atoms with Gasteiger partial charge in [-0.05, 0) is 48.0 Å². The van der Waals surface area contributed by atoms with E-state index in [-0.39, 0.29) is 12.1 Å². The topological polar surface area (TPSA) is 44.4 Å². The van der Waals surface area contributed by atoms with Crippen LogP contribution in [0.15, 0.2) is 60.8 Å². The van der Waals surface area contributed by atoms with Gasteiger partial charge in [0.1, 0.15) is 0 Å². The highest BCUT2D eigenvalue weighted by Crippen LogP contribution is 2.22. The molecule has 1 aliphatic rings. The van der Waals surface area contributed by atoms with E-state index in [1.165, 1.54) is 5.01 Å². The number of rotatable bonds is 2. The summed E-state index contributed by atoms with van der Waals surface area (Å²) in [5, 5.41) is 5.50. The Morgan fingerprint density at radius 1 is 1.00 bits per heavy atom. The van der Waals surface area contributed by atoms with Gasteiger partial charge in [-0.3, -0.25) is 0 Å². The third-order valence-corrected chi connectivity index (χ3v) is 3.75. The zero-order chi connectivity index (χ0) is 15.5. The van der Waals surface area contributed by atoms with E-state index in [1.54, 1.807) is 30.5 Å². The number of hydrazine groups is 1. The van der Waals surface area contributed by atoms with Gasteiger partial charge in [-0.25, -0.2) is 15.2 Å². The van der Waals surface area contributed by atoms with Crippen molar-refractivity contribution >= 4 is 34.9 Å². The van der Waals surface area contributed by atoms with Crippen LogP contribution in [0.1, 0.15) is 11.6 Å². The van der Waals surface area contributed by atoms with Gasteiger partial charge < -0.3 is 5.32 Å². The van der Waals surface area contributed by atoms with Crippen molar-refractivity contribution in [2.45, 2.75) is 6.04 Å². The van der Waals surface area contributed by atoms with Gasteiger partial charge >= 0.3 is 6.03 Å². The minimum Gasteiger partial charge on any atom is -0.306 e. The number of nitrogens with zero attached hydrogens (tertiary/aromatic N) is 1. The second kappa shape index (κ2) is 6.40. The van der Waals surface area contributed by atoms with E-state index in [2.05, 4.69) is 10.7 Å². The van der Waals surface area contributed by atoms with Crippen molar-refractivity contribution in [2.24, 2.45) is 0 Å². The number of amides is 2. The van der Waals surface area contributed by atoms with Crippen LogP contribution < -0.4 is 10.7 Å². The predicted octanol–water partition coefficient (Wildman–Crippen LogP) is 4.60. The van der Waals surface area contributed by atoms with Crippen LogP contribution in [0.5, 0.6) is 0 Å². The summed E-state index contributed by atoms with van der Waals surface area (Å²) in [5.41, 5.74) is 4.81. The van der Waals surface area contributed by atoms with Crippen molar-refractivity contribution in [2.75, 3.05) is 5.32 Å². The fourth-order valence-corrected chi connectivity index (χ4v) is 2.36. The Bertz CT molecular complexity index is 698. The Morgan fingerprint density at radius 3 is 2.23 bits per heavy atom. The van der Waals surface area contributed by atoms with Gasteiger partial charge in [-0.2, -0.15) is 0 Å². The Hall–Kier alpha value is -2.01. The maximum absolute atomic E-state index is 12.2. The molecular formula is C16H13Cl2N3O. The van der Waals surface area contributed by atoms with E-state index in [9.17, 15) is 4.79 Å². The number of anilines is 1. The first-order valence-corrected chi connectivity index (χ1v) is 7.43. The molecule has 6 heteroatoms. The monoisotopic (exact) mass is 333 g/mol. The average Bonchev–Trinajstić information content (AvgIpc) is 3.00. The van der Waals surface area contributed by atoms with Crippen LogP contribution in [-0.2, 0) is 0 Å². The summed E-state index contributed by atoms with van der Waals surface area (Å²) >= 11 is 11.7. The molecule has 2 aromatic rings. The summed E-state index contributed by atoms with van der Waals surface area (Å²) in [6.07, 6.45) is 3.61. The van der Waals surface area contributed by atoms with E-state index in [0.29, 0.717) is 15.7 Å². The summed E-state index contributed by atoms with van der Waals surface area (Å²) < 4.78 is 0. The molecule has 4 nitrogen and oxygen atoms in total. The molecule has 1 unspecified atom stereocenters. The molecule has 112 valence electrons. The normalized spacial score (nSPS) is 16.8. The summed E-state index contributed by atoms with van der Waals surface area (Å²) in [6, 6.07) is 14.1. The molecule has 0 fully saturated rings. The molecule has 1 atom stereocenters. The van der Waals surface area contributed by atoms with Crippen LogP contribution in [0.2, 0.25) is 10.0 Å². The zero-order valence-corrected chi connectivity index (χ0v) is 13.0. The standard InChI is InChI=1S/C16H13Cl2N3O/c17-12-3-1-11(2-4-12)15-9-10-21(20-15)16(22)19-14-7-5-13(18)6-8-14/h1-10,15,20H,(H,19,22). The van der Waals surface area contributed by atoms with Gasteiger partial charge in [0.25, 0.3) is 0 Å². The molecule has 1 heterocycles. The third-order valence-electron chi connectivity index (χ3n) is 3.25. The van der Waals surface area contributed by atoms with Crippen LogP contribution >= 0.6 is 23.2 Å². The van der Waals surface area contributed by atoms with Crippen molar-refractivity contribution in [3.8, 4) is 0 Å². The first kappa shape index (κ1) is 14.9. The lowest BCUT2D eigenvalue weighted by atomic mass is 10.1. The van der Waals surface area contributed by atoms with Gasteiger partial charge in [0.2, 0.25) is 0 Å². The second-order valence-electron chi connectivity index (χ2n) is 4.81. The fourth-order valence-electron chi connectivity index (χ4n) is 2.11. The molecule has 2 N–H and O–H groups in total. The van der Waals surface area contributed by atoms with Gasteiger partial charge in [0.05, 0.1) is 6.04 Å². The molecule has 0 aliphatic carbocycles. The summed E-state index contributed by atoms with van der Waals surface area (Å²) in [6.45, 7) is 0. The first-order valence-electron chi connectivity index (χ1n) is 6.67. The van der Waals surface area contributed by atoms with E-state index in [4.69, 9.17) is 23.2 Å². The quantitative estimate of drug-likeness (QED) is 0.843.